The second-order valence-corrected chi connectivity index (χ2v) is 12.2. The molecular weight excluding hydrogens is 509 g/mol. The monoisotopic (exact) mass is 529 g/mol. The van der Waals surface area contributed by atoms with Gasteiger partial charge in [-0.3, -0.25) is 10.0 Å². The van der Waals surface area contributed by atoms with Gasteiger partial charge >= 0.3 is 0 Å². The van der Waals surface area contributed by atoms with Crippen LogP contribution in [0.4, 0.5) is 5.69 Å². The zero-order chi connectivity index (χ0) is 23.7. The predicted molar refractivity (Wildman–Crippen MR) is 143 cm³/mol. The van der Waals surface area contributed by atoms with Crippen LogP contribution >= 0.6 is 35.0 Å². The Bertz CT molecular complexity index is 1340. The van der Waals surface area contributed by atoms with Gasteiger partial charge in [0.2, 0.25) is 0 Å². The lowest BCUT2D eigenvalue weighted by molar-refractivity contribution is 0.582. The minimum Gasteiger partial charge on any atom is -0.281 e. The van der Waals surface area contributed by atoms with Crippen LogP contribution in [0.5, 0.6) is 0 Å². The van der Waals surface area contributed by atoms with Crippen molar-refractivity contribution >= 4 is 61.2 Å². The largest absolute Gasteiger partial charge is 0.281 e. The van der Waals surface area contributed by atoms with Crippen LogP contribution in [0.15, 0.2) is 89.0 Å². The summed E-state index contributed by atoms with van der Waals surface area (Å²) in [6.07, 6.45) is 0. The van der Waals surface area contributed by atoms with Crippen LogP contribution in [0.25, 0.3) is 0 Å². The van der Waals surface area contributed by atoms with Crippen LogP contribution in [-0.4, -0.2) is 42.5 Å². The maximum atomic E-state index is 14.0. The second-order valence-electron chi connectivity index (χ2n) is 8.02. The summed E-state index contributed by atoms with van der Waals surface area (Å²) in [5.74, 6) is 0.700. The lowest BCUT2D eigenvalue weighted by Gasteiger charge is -2.28. The van der Waals surface area contributed by atoms with Gasteiger partial charge in [0.25, 0.3) is 0 Å². The zero-order valence-corrected chi connectivity index (χ0v) is 21.2. The number of hydrazone groups is 1. The fourth-order valence-corrected chi connectivity index (χ4v) is 7.71. The van der Waals surface area contributed by atoms with E-state index in [1.807, 2.05) is 54.6 Å². The Balaban J connectivity index is 1.68. The first-order valence-electron chi connectivity index (χ1n) is 10.7. The fraction of sp³-hybridized carbons (Fsp3) is 0.200. The third-order valence-electron chi connectivity index (χ3n) is 5.77. The van der Waals surface area contributed by atoms with E-state index in [-0.39, 0.29) is 5.75 Å². The predicted octanol–water partition coefficient (Wildman–Crippen LogP) is 5.89. The van der Waals surface area contributed by atoms with Crippen LogP contribution in [0.1, 0.15) is 17.2 Å². The van der Waals surface area contributed by atoms with E-state index >= 15 is 0 Å². The summed E-state index contributed by atoms with van der Waals surface area (Å²) in [7, 11) is -3.69. The lowest BCUT2D eigenvalue weighted by atomic mass is 9.97. The van der Waals surface area contributed by atoms with Gasteiger partial charge in [-0.2, -0.15) is 5.10 Å². The van der Waals surface area contributed by atoms with Crippen LogP contribution in [0, 0.1) is 0 Å². The summed E-state index contributed by atoms with van der Waals surface area (Å²) in [6.45, 7) is 0.648. The van der Waals surface area contributed by atoms with Crippen LogP contribution in [-0.2, 0) is 9.84 Å². The first-order valence-corrected chi connectivity index (χ1v) is 14.2. The molecule has 3 aromatic rings. The lowest BCUT2D eigenvalue weighted by Crippen LogP contribution is -2.39. The molecule has 0 aromatic heterocycles. The molecule has 2 heterocycles. The van der Waals surface area contributed by atoms with Crippen LogP contribution in [0.2, 0.25) is 10.0 Å². The third-order valence-corrected chi connectivity index (χ3v) is 9.38. The molecule has 5 nitrogen and oxygen atoms in total. The van der Waals surface area contributed by atoms with Crippen molar-refractivity contribution in [1.82, 2.24) is 0 Å². The van der Waals surface area contributed by atoms with E-state index in [1.54, 1.807) is 29.3 Å². The molecule has 0 bridgehead atoms. The first-order chi connectivity index (χ1) is 16.4. The SMILES string of the molecule is O=S(=O)(CC1=NCCS1)C1C(c2ccc(Cl)cc2)=NN(c2ccccc2)C1c1ccc(Cl)cc1. The molecular formula is C25H21Cl2N3O2S2. The Kier molecular flexibility index (Phi) is 6.71. The summed E-state index contributed by atoms with van der Waals surface area (Å²) in [4.78, 5) is 4.40. The molecule has 0 aliphatic carbocycles. The highest BCUT2D eigenvalue weighted by atomic mass is 35.5. The maximum Gasteiger partial charge on any atom is 0.167 e. The Labute approximate surface area is 213 Å². The molecule has 174 valence electrons. The van der Waals surface area contributed by atoms with Gasteiger partial charge in [-0.15, -0.1) is 11.8 Å². The minimum atomic E-state index is -3.69. The van der Waals surface area contributed by atoms with Crippen molar-refractivity contribution < 1.29 is 8.42 Å². The fourth-order valence-electron chi connectivity index (χ4n) is 4.23. The molecule has 5 rings (SSSR count). The molecule has 0 saturated heterocycles. The highest BCUT2D eigenvalue weighted by Crippen LogP contribution is 2.41. The number of benzene rings is 3. The van der Waals surface area contributed by atoms with Gasteiger partial charge in [0.05, 0.1) is 22.2 Å². The first kappa shape index (κ1) is 23.4. The summed E-state index contributed by atoms with van der Waals surface area (Å²) >= 11 is 13.8. The Hall–Kier alpha value is -2.32. The Morgan fingerprint density at radius 2 is 1.56 bits per heavy atom. The standard InChI is InChI=1S/C25H21Cl2N3O2S2/c26-19-10-6-17(7-11-19)23-25(34(31,32)16-22-28-14-15-33-22)24(18-8-12-20(27)13-9-18)30(29-23)21-4-2-1-3-5-21/h1-13,24-25H,14-16H2. The van der Waals surface area contributed by atoms with Crippen molar-refractivity contribution in [2.24, 2.45) is 10.1 Å². The minimum absolute atomic E-state index is 0.109. The van der Waals surface area contributed by atoms with Gasteiger partial charge in [0.15, 0.2) is 9.84 Å². The van der Waals surface area contributed by atoms with Crippen molar-refractivity contribution in [1.29, 1.82) is 0 Å². The number of rotatable bonds is 6. The number of thioether (sulfide) groups is 1. The zero-order valence-electron chi connectivity index (χ0n) is 18.0. The number of hydrogen-bond donors (Lipinski definition) is 0. The average molecular weight is 531 g/mol. The van der Waals surface area contributed by atoms with Crippen molar-refractivity contribution in [3.05, 3.63) is 100 Å². The van der Waals surface area contributed by atoms with E-state index in [0.717, 1.165) is 22.6 Å². The van der Waals surface area contributed by atoms with E-state index in [9.17, 15) is 8.42 Å². The molecule has 9 heteroatoms. The van der Waals surface area contributed by atoms with Gasteiger partial charge in [-0.25, -0.2) is 8.42 Å². The van der Waals surface area contributed by atoms with E-state index in [4.69, 9.17) is 28.3 Å². The van der Waals surface area contributed by atoms with Gasteiger partial charge < -0.3 is 0 Å². The molecule has 0 spiro atoms. The summed E-state index contributed by atoms with van der Waals surface area (Å²) in [5, 5.41) is 7.63. The Morgan fingerprint density at radius 1 is 0.912 bits per heavy atom. The topological polar surface area (TPSA) is 62.1 Å². The van der Waals surface area contributed by atoms with E-state index in [0.29, 0.717) is 27.3 Å². The summed E-state index contributed by atoms with van der Waals surface area (Å²) in [5.41, 5.74) is 2.83. The second kappa shape index (κ2) is 9.74. The molecule has 0 saturated carbocycles. The molecule has 34 heavy (non-hydrogen) atoms. The van der Waals surface area contributed by atoms with Crippen molar-refractivity contribution in [2.75, 3.05) is 23.1 Å². The average Bonchev–Trinajstić information content (AvgIpc) is 3.49. The van der Waals surface area contributed by atoms with Gasteiger partial charge in [0.1, 0.15) is 11.3 Å². The number of hydrogen-bond acceptors (Lipinski definition) is 6. The number of halogens is 2. The van der Waals surface area contributed by atoms with E-state index in [2.05, 4.69) is 4.99 Å². The molecule has 2 aliphatic heterocycles. The number of para-hydroxylation sites is 1. The molecule has 2 unspecified atom stereocenters. The maximum absolute atomic E-state index is 14.0. The van der Waals surface area contributed by atoms with Crippen molar-refractivity contribution in [2.45, 2.75) is 11.3 Å². The summed E-state index contributed by atoms with van der Waals surface area (Å²) < 4.78 is 28.0. The number of anilines is 1. The van der Waals surface area contributed by atoms with Crippen molar-refractivity contribution in [3.63, 3.8) is 0 Å². The van der Waals surface area contributed by atoms with Crippen LogP contribution < -0.4 is 5.01 Å². The number of aliphatic imine (C=N–C) groups is 1. The molecule has 2 aliphatic rings. The highest BCUT2D eigenvalue weighted by Gasteiger charge is 2.47. The smallest absolute Gasteiger partial charge is 0.167 e. The van der Waals surface area contributed by atoms with E-state index < -0.39 is 21.1 Å². The molecule has 0 amide bonds. The quantitative estimate of drug-likeness (QED) is 0.399. The summed E-state index contributed by atoms with van der Waals surface area (Å²) in [6, 6.07) is 23.5. The van der Waals surface area contributed by atoms with Gasteiger partial charge in [-0.1, -0.05) is 65.7 Å². The normalized spacial score (nSPS) is 20.4. The van der Waals surface area contributed by atoms with E-state index in [1.165, 1.54) is 11.8 Å². The Morgan fingerprint density at radius 3 is 2.18 bits per heavy atom. The highest BCUT2D eigenvalue weighted by molar-refractivity contribution is 8.15. The van der Waals surface area contributed by atoms with Gasteiger partial charge in [-0.05, 0) is 47.5 Å². The van der Waals surface area contributed by atoms with Crippen molar-refractivity contribution in [3.8, 4) is 0 Å². The number of nitrogens with zero attached hydrogens (tertiary/aromatic N) is 3. The number of sulfone groups is 1. The molecule has 3 aromatic carbocycles. The third kappa shape index (κ3) is 4.75. The van der Waals surface area contributed by atoms with Gasteiger partial charge in [0, 0.05) is 22.3 Å². The molecule has 2 atom stereocenters. The molecule has 0 N–H and O–H groups in total. The molecule has 0 radical (unpaired) electrons. The molecule has 0 fully saturated rings. The van der Waals surface area contributed by atoms with Crippen LogP contribution in [0.3, 0.4) is 0 Å².